The second-order valence-electron chi connectivity index (χ2n) is 4.84. The number of ether oxygens (including phenoxy) is 1. The number of hydrogen-bond donors (Lipinski definition) is 1. The van der Waals surface area contributed by atoms with Crippen LogP contribution in [0.4, 0.5) is 5.95 Å². The molecule has 0 aromatic carbocycles. The molecule has 1 saturated heterocycles. The molecule has 7 nitrogen and oxygen atoms in total. The summed E-state index contributed by atoms with van der Waals surface area (Å²) < 4.78 is 5.13. The second-order valence-corrected chi connectivity index (χ2v) is 4.84. The van der Waals surface area contributed by atoms with Gasteiger partial charge in [0, 0.05) is 45.0 Å². The number of nitrogens with one attached hydrogen (secondary N) is 1. The molecule has 1 N–H and O–H groups in total. The van der Waals surface area contributed by atoms with Crippen molar-refractivity contribution >= 4 is 11.9 Å². The standard InChI is InChI=1S/C13H21N5O2/c1-10-8-11(20-3)16-13(15-10)17(2)9-12(19)18-6-4-14-5-7-18/h8,14H,4-7,9H2,1-3H3. The van der Waals surface area contributed by atoms with E-state index in [9.17, 15) is 4.79 Å². The number of carbonyl (C=O) groups excluding carboxylic acids is 1. The zero-order chi connectivity index (χ0) is 14.5. The van der Waals surface area contributed by atoms with E-state index < -0.39 is 0 Å². The third kappa shape index (κ3) is 3.57. The Kier molecular flexibility index (Phi) is 4.73. The highest BCUT2D eigenvalue weighted by Crippen LogP contribution is 2.14. The summed E-state index contributed by atoms with van der Waals surface area (Å²) in [5.74, 6) is 1.11. The number of hydrogen-bond acceptors (Lipinski definition) is 6. The summed E-state index contributed by atoms with van der Waals surface area (Å²) in [6.07, 6.45) is 0. The number of methoxy groups -OCH3 is 1. The molecule has 7 heteroatoms. The third-order valence-corrected chi connectivity index (χ3v) is 3.21. The quantitative estimate of drug-likeness (QED) is 0.813. The summed E-state index contributed by atoms with van der Waals surface area (Å²) in [6, 6.07) is 1.76. The van der Waals surface area contributed by atoms with E-state index >= 15 is 0 Å². The molecule has 1 aliphatic heterocycles. The van der Waals surface area contributed by atoms with Gasteiger partial charge in [-0.25, -0.2) is 4.98 Å². The van der Waals surface area contributed by atoms with Crippen LogP contribution in [0.3, 0.4) is 0 Å². The predicted octanol–water partition coefficient (Wildman–Crippen LogP) is -0.338. The van der Waals surface area contributed by atoms with Crippen LogP contribution < -0.4 is 15.0 Å². The van der Waals surface area contributed by atoms with Crippen molar-refractivity contribution in [3.63, 3.8) is 0 Å². The van der Waals surface area contributed by atoms with E-state index in [4.69, 9.17) is 4.74 Å². The fourth-order valence-corrected chi connectivity index (χ4v) is 2.09. The highest BCUT2D eigenvalue weighted by atomic mass is 16.5. The van der Waals surface area contributed by atoms with Gasteiger partial charge in [-0.05, 0) is 6.92 Å². The number of nitrogens with zero attached hydrogens (tertiary/aromatic N) is 4. The number of rotatable bonds is 4. The Morgan fingerprint density at radius 2 is 2.15 bits per heavy atom. The molecule has 0 atom stereocenters. The molecule has 1 amide bonds. The van der Waals surface area contributed by atoms with E-state index in [-0.39, 0.29) is 12.5 Å². The van der Waals surface area contributed by atoms with E-state index in [0.717, 1.165) is 31.9 Å². The van der Waals surface area contributed by atoms with Crippen molar-refractivity contribution in [2.75, 3.05) is 51.8 Å². The van der Waals surface area contributed by atoms with Crippen molar-refractivity contribution in [2.24, 2.45) is 0 Å². The number of piperazine rings is 1. The van der Waals surface area contributed by atoms with Crippen molar-refractivity contribution < 1.29 is 9.53 Å². The Labute approximate surface area is 118 Å². The van der Waals surface area contributed by atoms with E-state index in [1.54, 1.807) is 18.1 Å². The average Bonchev–Trinajstić information content (AvgIpc) is 2.47. The van der Waals surface area contributed by atoms with Gasteiger partial charge >= 0.3 is 0 Å². The van der Waals surface area contributed by atoms with Crippen LogP contribution in [0.1, 0.15) is 5.69 Å². The molecule has 0 unspecified atom stereocenters. The summed E-state index contributed by atoms with van der Waals surface area (Å²) in [5.41, 5.74) is 0.813. The summed E-state index contributed by atoms with van der Waals surface area (Å²) in [7, 11) is 3.38. The fraction of sp³-hybridized carbons (Fsp3) is 0.615. The van der Waals surface area contributed by atoms with Crippen LogP contribution in [0.5, 0.6) is 5.88 Å². The van der Waals surface area contributed by atoms with Gasteiger partial charge in [0.1, 0.15) is 0 Å². The Morgan fingerprint density at radius 3 is 2.80 bits per heavy atom. The number of anilines is 1. The third-order valence-electron chi connectivity index (χ3n) is 3.21. The maximum atomic E-state index is 12.2. The summed E-state index contributed by atoms with van der Waals surface area (Å²) in [5, 5.41) is 3.23. The normalized spacial score (nSPS) is 15.1. The van der Waals surface area contributed by atoms with Gasteiger partial charge in [-0.15, -0.1) is 0 Å². The first-order valence-corrected chi connectivity index (χ1v) is 6.69. The van der Waals surface area contributed by atoms with Gasteiger partial charge in [-0.2, -0.15) is 4.98 Å². The SMILES string of the molecule is COc1cc(C)nc(N(C)CC(=O)N2CCNCC2)n1. The molecule has 0 spiro atoms. The lowest BCUT2D eigenvalue weighted by Crippen LogP contribution is -2.49. The highest BCUT2D eigenvalue weighted by molar-refractivity contribution is 5.81. The molecule has 0 radical (unpaired) electrons. The topological polar surface area (TPSA) is 70.6 Å². The molecule has 0 aliphatic carbocycles. The van der Waals surface area contributed by atoms with Crippen LogP contribution in [0.2, 0.25) is 0 Å². The van der Waals surface area contributed by atoms with Crippen LogP contribution in [-0.2, 0) is 4.79 Å². The van der Waals surface area contributed by atoms with Crippen LogP contribution in [0.25, 0.3) is 0 Å². The predicted molar refractivity (Wildman–Crippen MR) is 76.0 cm³/mol. The first-order chi connectivity index (χ1) is 9.60. The maximum Gasteiger partial charge on any atom is 0.242 e. The van der Waals surface area contributed by atoms with Crippen LogP contribution in [0, 0.1) is 6.92 Å². The minimum Gasteiger partial charge on any atom is -0.481 e. The average molecular weight is 279 g/mol. The van der Waals surface area contributed by atoms with Crippen molar-refractivity contribution in [3.8, 4) is 5.88 Å². The lowest BCUT2D eigenvalue weighted by molar-refractivity contribution is -0.130. The second kappa shape index (κ2) is 6.51. The summed E-state index contributed by atoms with van der Waals surface area (Å²) in [6.45, 7) is 5.36. The van der Waals surface area contributed by atoms with Gasteiger partial charge < -0.3 is 19.9 Å². The monoisotopic (exact) mass is 279 g/mol. The molecule has 2 rings (SSSR count). The van der Waals surface area contributed by atoms with Gasteiger partial charge in [-0.1, -0.05) is 0 Å². The smallest absolute Gasteiger partial charge is 0.242 e. The maximum absolute atomic E-state index is 12.2. The van der Waals surface area contributed by atoms with Gasteiger partial charge in [0.05, 0.1) is 13.7 Å². The Hall–Kier alpha value is -1.89. The molecule has 1 aromatic heterocycles. The fourth-order valence-electron chi connectivity index (χ4n) is 2.09. The Bertz CT molecular complexity index is 474. The molecular weight excluding hydrogens is 258 g/mol. The molecule has 0 bridgehead atoms. The molecule has 1 fully saturated rings. The zero-order valence-electron chi connectivity index (χ0n) is 12.2. The number of likely N-dealkylation sites (N-methyl/N-ethyl adjacent to an activating group) is 1. The Balaban J connectivity index is 2.01. The molecular formula is C13H21N5O2. The molecule has 2 heterocycles. The number of carbonyl (C=O) groups is 1. The van der Waals surface area contributed by atoms with E-state index in [1.165, 1.54) is 0 Å². The van der Waals surface area contributed by atoms with E-state index in [0.29, 0.717) is 11.8 Å². The largest absolute Gasteiger partial charge is 0.481 e. The first-order valence-electron chi connectivity index (χ1n) is 6.69. The van der Waals surface area contributed by atoms with Crippen LogP contribution in [-0.4, -0.2) is 67.7 Å². The van der Waals surface area contributed by atoms with Crippen molar-refractivity contribution in [1.82, 2.24) is 20.2 Å². The lowest BCUT2D eigenvalue weighted by atomic mass is 10.3. The van der Waals surface area contributed by atoms with E-state index in [2.05, 4.69) is 15.3 Å². The Morgan fingerprint density at radius 1 is 1.45 bits per heavy atom. The van der Waals surface area contributed by atoms with Gasteiger partial charge in [0.2, 0.25) is 17.7 Å². The molecule has 1 aliphatic rings. The first kappa shape index (κ1) is 14.5. The van der Waals surface area contributed by atoms with Gasteiger partial charge in [0.15, 0.2) is 0 Å². The van der Waals surface area contributed by atoms with Gasteiger partial charge in [-0.3, -0.25) is 4.79 Å². The molecule has 0 saturated carbocycles. The minimum atomic E-state index is 0.0954. The van der Waals surface area contributed by atoms with Crippen molar-refractivity contribution in [2.45, 2.75) is 6.92 Å². The zero-order valence-corrected chi connectivity index (χ0v) is 12.2. The molecule has 110 valence electrons. The molecule has 20 heavy (non-hydrogen) atoms. The minimum absolute atomic E-state index is 0.0954. The number of aromatic nitrogens is 2. The van der Waals surface area contributed by atoms with E-state index in [1.807, 2.05) is 18.9 Å². The van der Waals surface area contributed by atoms with Crippen molar-refractivity contribution in [1.29, 1.82) is 0 Å². The van der Waals surface area contributed by atoms with Crippen molar-refractivity contribution in [3.05, 3.63) is 11.8 Å². The van der Waals surface area contributed by atoms with Gasteiger partial charge in [0.25, 0.3) is 0 Å². The number of aryl methyl sites for hydroxylation is 1. The summed E-state index contributed by atoms with van der Waals surface area (Å²) >= 11 is 0. The molecule has 1 aromatic rings. The van der Waals surface area contributed by atoms with Crippen LogP contribution >= 0.6 is 0 Å². The lowest BCUT2D eigenvalue weighted by Gasteiger charge is -2.29. The number of amides is 1. The summed E-state index contributed by atoms with van der Waals surface area (Å²) in [4.78, 5) is 24.4. The van der Waals surface area contributed by atoms with Crippen LogP contribution in [0.15, 0.2) is 6.07 Å². The highest BCUT2D eigenvalue weighted by Gasteiger charge is 2.19.